The zero-order chi connectivity index (χ0) is 13.9. The minimum absolute atomic E-state index is 0.130. The van der Waals surface area contributed by atoms with E-state index in [1.807, 2.05) is 0 Å². The second-order valence-electron chi connectivity index (χ2n) is 3.80. The van der Waals surface area contributed by atoms with Gasteiger partial charge in [0.2, 0.25) is 5.88 Å². The third kappa shape index (κ3) is 3.86. The van der Waals surface area contributed by atoms with Gasteiger partial charge in [-0.1, -0.05) is 23.7 Å². The Morgan fingerprint density at radius 3 is 2.37 bits per heavy atom. The molecule has 0 spiro atoms. The molecule has 0 unspecified atom stereocenters. The molecular weight excluding hydrogens is 279 g/mol. The summed E-state index contributed by atoms with van der Waals surface area (Å²) in [5.41, 5.74) is -0.0630. The van der Waals surface area contributed by atoms with E-state index in [0.717, 1.165) is 12.1 Å². The van der Waals surface area contributed by atoms with Gasteiger partial charge in [-0.2, -0.15) is 13.2 Å². The Labute approximate surface area is 112 Å². The van der Waals surface area contributed by atoms with Crippen LogP contribution in [-0.4, -0.2) is 4.98 Å². The van der Waals surface area contributed by atoms with Crippen LogP contribution in [0.15, 0.2) is 42.6 Å². The van der Waals surface area contributed by atoms with E-state index in [0.29, 0.717) is 16.5 Å². The topological polar surface area (TPSA) is 22.1 Å². The number of rotatable bonds is 3. The number of aromatic nitrogens is 1. The molecule has 0 bridgehead atoms. The first-order valence-corrected chi connectivity index (χ1v) is 5.73. The first-order chi connectivity index (χ1) is 8.95. The summed E-state index contributed by atoms with van der Waals surface area (Å²) in [5, 5.41) is 0.484. The fraction of sp³-hybridized carbons (Fsp3) is 0.154. The van der Waals surface area contributed by atoms with Crippen LogP contribution < -0.4 is 4.74 Å². The van der Waals surface area contributed by atoms with Gasteiger partial charge in [0.25, 0.3) is 0 Å². The maximum Gasteiger partial charge on any atom is 0.416 e. The number of benzene rings is 1. The van der Waals surface area contributed by atoms with E-state index in [9.17, 15) is 13.2 Å². The van der Waals surface area contributed by atoms with Gasteiger partial charge < -0.3 is 4.74 Å². The van der Waals surface area contributed by atoms with Crippen molar-refractivity contribution in [2.24, 2.45) is 0 Å². The highest BCUT2D eigenvalue weighted by molar-refractivity contribution is 6.30. The van der Waals surface area contributed by atoms with Gasteiger partial charge in [-0.05, 0) is 23.8 Å². The zero-order valence-electron chi connectivity index (χ0n) is 9.62. The largest absolute Gasteiger partial charge is 0.473 e. The molecule has 0 fully saturated rings. The van der Waals surface area contributed by atoms with Gasteiger partial charge in [-0.3, -0.25) is 0 Å². The molecule has 0 radical (unpaired) electrons. The highest BCUT2D eigenvalue weighted by Gasteiger charge is 2.29. The molecular formula is C13H9ClF3NO. The van der Waals surface area contributed by atoms with E-state index in [-0.39, 0.29) is 6.61 Å². The van der Waals surface area contributed by atoms with E-state index in [4.69, 9.17) is 16.3 Å². The number of nitrogens with zero attached hydrogens (tertiary/aromatic N) is 1. The van der Waals surface area contributed by atoms with E-state index in [1.54, 1.807) is 6.07 Å². The van der Waals surface area contributed by atoms with Crippen molar-refractivity contribution in [2.75, 3.05) is 0 Å². The zero-order valence-corrected chi connectivity index (χ0v) is 10.4. The number of hydrogen-bond acceptors (Lipinski definition) is 2. The van der Waals surface area contributed by atoms with Crippen molar-refractivity contribution in [3.05, 3.63) is 58.7 Å². The molecule has 100 valence electrons. The second kappa shape index (κ2) is 5.48. The van der Waals surface area contributed by atoms with Gasteiger partial charge >= 0.3 is 6.18 Å². The lowest BCUT2D eigenvalue weighted by Gasteiger charge is -2.08. The Morgan fingerprint density at radius 1 is 1.11 bits per heavy atom. The van der Waals surface area contributed by atoms with Crippen molar-refractivity contribution in [3.8, 4) is 5.88 Å². The van der Waals surface area contributed by atoms with Crippen molar-refractivity contribution in [2.45, 2.75) is 12.8 Å². The van der Waals surface area contributed by atoms with Gasteiger partial charge in [-0.15, -0.1) is 0 Å². The highest BCUT2D eigenvalue weighted by Crippen LogP contribution is 2.29. The maximum absolute atomic E-state index is 12.4. The molecule has 0 aliphatic heterocycles. The van der Waals surface area contributed by atoms with E-state index in [2.05, 4.69) is 4.98 Å². The van der Waals surface area contributed by atoms with E-state index in [1.165, 1.54) is 24.4 Å². The predicted octanol–water partition coefficient (Wildman–Crippen LogP) is 4.33. The Hall–Kier alpha value is -1.75. The lowest BCUT2D eigenvalue weighted by molar-refractivity contribution is -0.137. The summed E-state index contributed by atoms with van der Waals surface area (Å²) in [6, 6.07) is 7.91. The first kappa shape index (κ1) is 13.7. The van der Waals surface area contributed by atoms with Gasteiger partial charge in [-0.25, -0.2) is 4.98 Å². The molecule has 0 N–H and O–H groups in total. The minimum Gasteiger partial charge on any atom is -0.473 e. The lowest BCUT2D eigenvalue weighted by atomic mass is 10.1. The summed E-state index contributed by atoms with van der Waals surface area (Å²) in [7, 11) is 0. The molecule has 2 nitrogen and oxygen atoms in total. The third-order valence-electron chi connectivity index (χ3n) is 2.36. The van der Waals surface area contributed by atoms with E-state index >= 15 is 0 Å². The molecule has 19 heavy (non-hydrogen) atoms. The molecule has 6 heteroatoms. The Balaban J connectivity index is 2.01. The van der Waals surface area contributed by atoms with Gasteiger partial charge in [0.05, 0.1) is 5.56 Å². The molecule has 2 rings (SSSR count). The van der Waals surface area contributed by atoms with Crippen LogP contribution in [0.25, 0.3) is 0 Å². The Bertz CT molecular complexity index is 555. The molecule has 0 saturated heterocycles. The van der Waals surface area contributed by atoms with Crippen molar-refractivity contribution < 1.29 is 17.9 Å². The average Bonchev–Trinajstić information content (AvgIpc) is 2.36. The molecule has 2 aromatic rings. The number of alkyl halides is 3. The predicted molar refractivity (Wildman–Crippen MR) is 65.0 cm³/mol. The number of pyridine rings is 1. The highest BCUT2D eigenvalue weighted by atomic mass is 35.5. The summed E-state index contributed by atoms with van der Waals surface area (Å²) < 4.78 is 42.4. The summed E-state index contributed by atoms with van der Waals surface area (Å²) in [5.74, 6) is 0.326. The summed E-state index contributed by atoms with van der Waals surface area (Å²) >= 11 is 5.75. The van der Waals surface area contributed by atoms with Crippen LogP contribution in [0.4, 0.5) is 13.2 Å². The molecule has 0 aliphatic rings. The second-order valence-corrected chi connectivity index (χ2v) is 4.23. The lowest BCUT2D eigenvalue weighted by Crippen LogP contribution is -2.05. The van der Waals surface area contributed by atoms with Crippen LogP contribution in [0.5, 0.6) is 5.88 Å². The maximum atomic E-state index is 12.4. The van der Waals surface area contributed by atoms with Crippen molar-refractivity contribution in [1.82, 2.24) is 4.98 Å². The van der Waals surface area contributed by atoms with E-state index < -0.39 is 11.7 Å². The summed E-state index contributed by atoms with van der Waals surface area (Å²) in [6.07, 6.45) is -2.84. The van der Waals surface area contributed by atoms with Crippen LogP contribution in [0.1, 0.15) is 11.1 Å². The van der Waals surface area contributed by atoms with Crippen molar-refractivity contribution >= 4 is 11.6 Å². The molecule has 0 aliphatic carbocycles. The molecule has 0 atom stereocenters. The summed E-state index contributed by atoms with van der Waals surface area (Å²) in [4.78, 5) is 3.92. The number of hydrogen-bond donors (Lipinski definition) is 0. The van der Waals surface area contributed by atoms with Crippen LogP contribution in [0, 0.1) is 0 Å². The van der Waals surface area contributed by atoms with Crippen LogP contribution >= 0.6 is 11.6 Å². The Kier molecular flexibility index (Phi) is 3.95. The number of ether oxygens (including phenoxy) is 1. The smallest absolute Gasteiger partial charge is 0.416 e. The molecule has 0 saturated carbocycles. The molecule has 1 heterocycles. The normalized spacial score (nSPS) is 11.4. The van der Waals surface area contributed by atoms with Gasteiger partial charge in [0, 0.05) is 17.3 Å². The van der Waals surface area contributed by atoms with Crippen molar-refractivity contribution in [3.63, 3.8) is 0 Å². The van der Waals surface area contributed by atoms with Crippen LogP contribution in [0.2, 0.25) is 5.02 Å². The van der Waals surface area contributed by atoms with Gasteiger partial charge in [0.15, 0.2) is 0 Å². The fourth-order valence-electron chi connectivity index (χ4n) is 1.41. The van der Waals surface area contributed by atoms with Crippen molar-refractivity contribution in [1.29, 1.82) is 0 Å². The Morgan fingerprint density at radius 2 is 1.79 bits per heavy atom. The average molecular weight is 288 g/mol. The van der Waals surface area contributed by atoms with Crippen LogP contribution in [-0.2, 0) is 12.8 Å². The quantitative estimate of drug-likeness (QED) is 0.838. The van der Waals surface area contributed by atoms with Gasteiger partial charge in [0.1, 0.15) is 6.61 Å². The molecule has 1 aromatic heterocycles. The fourth-order valence-corrected chi connectivity index (χ4v) is 1.56. The first-order valence-electron chi connectivity index (χ1n) is 5.35. The molecule has 1 aromatic carbocycles. The minimum atomic E-state index is -4.33. The molecule has 0 amide bonds. The SMILES string of the molecule is FC(F)(F)c1ccc(COc2cc(Cl)ccn2)cc1. The van der Waals surface area contributed by atoms with Crippen LogP contribution in [0.3, 0.4) is 0 Å². The standard InChI is InChI=1S/C13H9ClF3NO/c14-11-5-6-18-12(7-11)19-8-9-1-3-10(4-2-9)13(15,16)17/h1-7H,8H2. The number of halogens is 4. The monoisotopic (exact) mass is 287 g/mol. The summed E-state index contributed by atoms with van der Waals surface area (Å²) in [6.45, 7) is 0.130. The third-order valence-corrected chi connectivity index (χ3v) is 2.60.